The topological polar surface area (TPSA) is 71.1 Å². The second-order valence-corrected chi connectivity index (χ2v) is 9.38. The van der Waals surface area contributed by atoms with E-state index in [0.29, 0.717) is 29.2 Å². The van der Waals surface area contributed by atoms with Crippen molar-refractivity contribution in [3.05, 3.63) is 70.3 Å². The Morgan fingerprint density at radius 3 is 2.71 bits per heavy atom. The number of piperazine rings is 1. The second-order valence-electron chi connectivity index (χ2n) is 9.38. The molecule has 0 spiro atoms. The number of fused-ring (bicyclic) bond motifs is 1. The third-order valence-electron chi connectivity index (χ3n) is 7.25. The number of dihydropyridines is 1. The molecule has 34 heavy (non-hydrogen) atoms. The summed E-state index contributed by atoms with van der Waals surface area (Å²) in [6.07, 6.45) is 11.6. The molecule has 3 aliphatic rings. The van der Waals surface area contributed by atoms with Crippen LogP contribution in [0.4, 0.5) is 0 Å². The maximum absolute atomic E-state index is 12.5. The number of Topliss-reactive ketones (excluding diaryl/α,β-unsaturated/α-hetero) is 1. The van der Waals surface area contributed by atoms with Gasteiger partial charge in [-0.3, -0.25) is 19.3 Å². The molecule has 7 nitrogen and oxygen atoms in total. The van der Waals surface area contributed by atoms with E-state index in [1.807, 2.05) is 0 Å². The van der Waals surface area contributed by atoms with Crippen LogP contribution < -0.4 is 5.76 Å². The number of carbonyl (C=O) groups excluding carboxylic acids is 1. The lowest BCUT2D eigenvalue weighted by molar-refractivity contribution is 0.101. The standard InChI is InChI=1S/C27H32N4O3/c1-3-29-11-13-30(14-12-29)23-8-9-24(28-17-23)22-6-4-5-20(15-22)18-31-25-16-21(19(2)32)7-10-26(25)34-27(31)33/h4-10,16,22-23H,3,11-15,17-18H2,1-2H3. The van der Waals surface area contributed by atoms with E-state index >= 15 is 0 Å². The van der Waals surface area contributed by atoms with Gasteiger partial charge < -0.3 is 9.32 Å². The molecular weight excluding hydrogens is 428 g/mol. The number of carbonyl (C=O) groups is 1. The molecule has 1 fully saturated rings. The zero-order valence-electron chi connectivity index (χ0n) is 19.9. The quantitative estimate of drug-likeness (QED) is 0.619. The normalized spacial score (nSPS) is 23.8. The number of allylic oxidation sites excluding steroid dienone is 5. The Labute approximate surface area is 199 Å². The number of likely N-dealkylation sites (N-methyl/N-ethyl adjacent to an activating group) is 1. The number of aliphatic imine (C=N–C) groups is 1. The molecule has 0 N–H and O–H groups in total. The Kier molecular flexibility index (Phi) is 6.48. The van der Waals surface area contributed by atoms with Crippen LogP contribution in [-0.2, 0) is 6.54 Å². The number of ketones is 1. The smallest absolute Gasteiger partial charge is 0.408 e. The van der Waals surface area contributed by atoms with E-state index in [1.165, 1.54) is 6.92 Å². The molecule has 1 aromatic heterocycles. The van der Waals surface area contributed by atoms with E-state index in [0.717, 1.165) is 57.0 Å². The van der Waals surface area contributed by atoms with Crippen LogP contribution in [0.2, 0.25) is 0 Å². The van der Waals surface area contributed by atoms with Crippen LogP contribution >= 0.6 is 0 Å². The predicted octanol–water partition coefficient (Wildman–Crippen LogP) is 3.32. The largest absolute Gasteiger partial charge is 0.420 e. The molecule has 5 rings (SSSR count). The van der Waals surface area contributed by atoms with Gasteiger partial charge in [-0.1, -0.05) is 31.2 Å². The molecule has 7 heteroatoms. The summed E-state index contributed by atoms with van der Waals surface area (Å²) >= 11 is 0. The van der Waals surface area contributed by atoms with Crippen molar-refractivity contribution in [2.45, 2.75) is 32.9 Å². The van der Waals surface area contributed by atoms with Crippen LogP contribution in [0.5, 0.6) is 0 Å². The van der Waals surface area contributed by atoms with Crippen LogP contribution in [0.25, 0.3) is 11.1 Å². The minimum Gasteiger partial charge on any atom is -0.408 e. The molecule has 0 bridgehead atoms. The van der Waals surface area contributed by atoms with Gasteiger partial charge in [-0.25, -0.2) is 4.79 Å². The van der Waals surface area contributed by atoms with Gasteiger partial charge in [0, 0.05) is 49.4 Å². The van der Waals surface area contributed by atoms with Crippen molar-refractivity contribution in [1.29, 1.82) is 0 Å². The van der Waals surface area contributed by atoms with Gasteiger partial charge in [0.1, 0.15) is 0 Å². The summed E-state index contributed by atoms with van der Waals surface area (Å²) in [5.41, 5.74) is 3.98. The van der Waals surface area contributed by atoms with Crippen molar-refractivity contribution in [1.82, 2.24) is 14.4 Å². The van der Waals surface area contributed by atoms with Crippen LogP contribution in [0.15, 0.2) is 68.4 Å². The highest BCUT2D eigenvalue weighted by molar-refractivity contribution is 5.99. The number of aromatic nitrogens is 1. The van der Waals surface area contributed by atoms with E-state index in [-0.39, 0.29) is 11.7 Å². The highest BCUT2D eigenvalue weighted by Crippen LogP contribution is 2.25. The number of hydrogen-bond donors (Lipinski definition) is 0. The highest BCUT2D eigenvalue weighted by atomic mass is 16.4. The summed E-state index contributed by atoms with van der Waals surface area (Å²) in [5.74, 6) is -0.228. The first-order chi connectivity index (χ1) is 16.5. The average Bonchev–Trinajstić information content (AvgIpc) is 3.18. The Balaban J connectivity index is 1.25. The van der Waals surface area contributed by atoms with Gasteiger partial charge in [0.05, 0.1) is 18.6 Å². The average molecular weight is 461 g/mol. The monoisotopic (exact) mass is 460 g/mol. The summed E-state index contributed by atoms with van der Waals surface area (Å²) in [6, 6.07) is 5.52. The van der Waals surface area contributed by atoms with Crippen molar-refractivity contribution in [3.8, 4) is 0 Å². The van der Waals surface area contributed by atoms with Gasteiger partial charge in [-0.05, 0) is 49.7 Å². The second kappa shape index (κ2) is 9.68. The fraction of sp³-hybridized carbons (Fsp3) is 0.444. The first-order valence-electron chi connectivity index (χ1n) is 12.2. The van der Waals surface area contributed by atoms with Gasteiger partial charge in [0.25, 0.3) is 0 Å². The van der Waals surface area contributed by atoms with Crippen molar-refractivity contribution >= 4 is 22.6 Å². The van der Waals surface area contributed by atoms with Crippen LogP contribution in [0.1, 0.15) is 30.6 Å². The SMILES string of the molecule is CCN1CCN(C2C=CC(C3C=CC=C(Cn4c(=O)oc5ccc(C(C)=O)cc54)C3)=NC2)CC1. The zero-order chi connectivity index (χ0) is 23.7. The third-order valence-corrected chi connectivity index (χ3v) is 7.25. The van der Waals surface area contributed by atoms with Crippen molar-refractivity contribution in [3.63, 3.8) is 0 Å². The number of nitrogens with zero attached hydrogens (tertiary/aromatic N) is 4. The highest BCUT2D eigenvalue weighted by Gasteiger charge is 2.25. The molecule has 1 aliphatic carbocycles. The fourth-order valence-corrected chi connectivity index (χ4v) is 5.11. The molecule has 0 radical (unpaired) electrons. The lowest BCUT2D eigenvalue weighted by Gasteiger charge is -2.38. The minimum absolute atomic E-state index is 0.0328. The summed E-state index contributed by atoms with van der Waals surface area (Å²) in [5, 5.41) is 0. The van der Waals surface area contributed by atoms with E-state index < -0.39 is 5.76 Å². The van der Waals surface area contributed by atoms with Gasteiger partial charge >= 0.3 is 5.76 Å². The maximum Gasteiger partial charge on any atom is 0.420 e. The van der Waals surface area contributed by atoms with Crippen molar-refractivity contribution in [2.24, 2.45) is 10.9 Å². The number of oxazole rings is 1. The Morgan fingerprint density at radius 2 is 2.00 bits per heavy atom. The third kappa shape index (κ3) is 4.63. The van der Waals surface area contributed by atoms with E-state index in [9.17, 15) is 9.59 Å². The lowest BCUT2D eigenvalue weighted by Crippen LogP contribution is -2.51. The van der Waals surface area contributed by atoms with Gasteiger partial charge in [-0.2, -0.15) is 0 Å². The lowest BCUT2D eigenvalue weighted by atomic mass is 9.88. The molecule has 178 valence electrons. The fourth-order valence-electron chi connectivity index (χ4n) is 5.11. The summed E-state index contributed by atoms with van der Waals surface area (Å²) in [6.45, 7) is 10.6. The molecule has 0 amide bonds. The van der Waals surface area contributed by atoms with Gasteiger partial charge in [-0.15, -0.1) is 0 Å². The number of rotatable bonds is 6. The molecule has 3 heterocycles. The van der Waals surface area contributed by atoms with E-state index in [2.05, 4.69) is 47.1 Å². The van der Waals surface area contributed by atoms with Crippen LogP contribution in [0, 0.1) is 5.92 Å². The van der Waals surface area contributed by atoms with Crippen molar-refractivity contribution in [2.75, 3.05) is 39.3 Å². The Morgan fingerprint density at radius 1 is 1.18 bits per heavy atom. The first kappa shape index (κ1) is 22.7. The number of benzene rings is 1. The molecule has 1 aromatic carbocycles. The zero-order valence-corrected chi connectivity index (χ0v) is 19.9. The molecule has 1 saturated heterocycles. The first-order valence-corrected chi connectivity index (χ1v) is 12.2. The van der Waals surface area contributed by atoms with Gasteiger partial charge in [0.15, 0.2) is 11.4 Å². The van der Waals surface area contributed by atoms with Crippen LogP contribution in [0.3, 0.4) is 0 Å². The van der Waals surface area contributed by atoms with Crippen LogP contribution in [-0.4, -0.2) is 71.2 Å². The predicted molar refractivity (Wildman–Crippen MR) is 135 cm³/mol. The summed E-state index contributed by atoms with van der Waals surface area (Å²) < 4.78 is 7.03. The molecule has 2 atom stereocenters. The molecular formula is C27H32N4O3. The molecule has 2 unspecified atom stereocenters. The molecule has 0 saturated carbocycles. The maximum atomic E-state index is 12.5. The summed E-state index contributed by atoms with van der Waals surface area (Å²) in [7, 11) is 0. The summed E-state index contributed by atoms with van der Waals surface area (Å²) in [4.78, 5) is 34.3. The Bertz CT molecular complexity index is 1250. The Hall–Kier alpha value is -3.03. The minimum atomic E-state index is -0.399. The molecule has 2 aromatic rings. The van der Waals surface area contributed by atoms with E-state index in [1.54, 1.807) is 22.8 Å². The molecule has 2 aliphatic heterocycles. The van der Waals surface area contributed by atoms with Gasteiger partial charge in [0.2, 0.25) is 0 Å². The number of hydrogen-bond acceptors (Lipinski definition) is 6. The van der Waals surface area contributed by atoms with E-state index in [4.69, 9.17) is 9.41 Å². The van der Waals surface area contributed by atoms with Crippen molar-refractivity contribution < 1.29 is 9.21 Å².